The normalized spacial score (nSPS) is 17.7. The van der Waals surface area contributed by atoms with Crippen molar-refractivity contribution in [2.75, 3.05) is 19.8 Å². The van der Waals surface area contributed by atoms with Crippen LogP contribution in [0.2, 0.25) is 0 Å². The first-order valence-corrected chi connectivity index (χ1v) is 7.40. The molecule has 4 nitrogen and oxygen atoms in total. The highest BCUT2D eigenvalue weighted by atomic mass is 32.1. The van der Waals surface area contributed by atoms with Crippen molar-refractivity contribution in [1.29, 1.82) is 5.26 Å². The molecule has 19 heavy (non-hydrogen) atoms. The van der Waals surface area contributed by atoms with Gasteiger partial charge >= 0.3 is 0 Å². The first kappa shape index (κ1) is 14.0. The molecule has 0 aromatic carbocycles. The zero-order valence-electron chi connectivity index (χ0n) is 11.1. The Kier molecular flexibility index (Phi) is 4.56. The van der Waals surface area contributed by atoms with Gasteiger partial charge in [0, 0.05) is 24.6 Å². The molecule has 0 N–H and O–H groups in total. The topological polar surface area (TPSA) is 53.3 Å². The summed E-state index contributed by atoms with van der Waals surface area (Å²) in [5.74, 6) is -0.0470. The Hall–Kier alpha value is -1.38. The van der Waals surface area contributed by atoms with Crippen LogP contribution >= 0.6 is 11.3 Å². The Bertz CT molecular complexity index is 458. The third-order valence-electron chi connectivity index (χ3n) is 3.57. The maximum atomic E-state index is 12.7. The van der Waals surface area contributed by atoms with Gasteiger partial charge in [0.2, 0.25) is 5.91 Å². The zero-order chi connectivity index (χ0) is 13.7. The van der Waals surface area contributed by atoms with Crippen molar-refractivity contribution in [2.24, 2.45) is 5.41 Å². The van der Waals surface area contributed by atoms with E-state index in [0.29, 0.717) is 39.1 Å². The van der Waals surface area contributed by atoms with E-state index >= 15 is 0 Å². The van der Waals surface area contributed by atoms with Crippen LogP contribution in [0, 0.1) is 16.7 Å². The number of amides is 1. The SMILES string of the molecule is CCN(Cc1cccs1)C(=O)C1(C#N)CCOCC1. The van der Waals surface area contributed by atoms with Crippen LogP contribution in [0.15, 0.2) is 17.5 Å². The standard InChI is InChI=1S/C14H18N2O2S/c1-2-16(10-12-4-3-9-19-12)13(17)14(11-15)5-7-18-8-6-14/h3-4,9H,2,5-8,10H2,1H3. The molecule has 0 spiro atoms. The van der Waals surface area contributed by atoms with Crippen molar-refractivity contribution in [3.63, 3.8) is 0 Å². The number of thiophene rings is 1. The monoisotopic (exact) mass is 278 g/mol. The molecular weight excluding hydrogens is 260 g/mol. The minimum absolute atomic E-state index is 0.0470. The average Bonchev–Trinajstić information content (AvgIpc) is 2.97. The third kappa shape index (κ3) is 2.96. The van der Waals surface area contributed by atoms with E-state index in [-0.39, 0.29) is 5.91 Å². The zero-order valence-corrected chi connectivity index (χ0v) is 11.9. The lowest BCUT2D eigenvalue weighted by molar-refractivity contribution is -0.143. The summed E-state index contributed by atoms with van der Waals surface area (Å²) in [5.41, 5.74) is -0.883. The van der Waals surface area contributed by atoms with Gasteiger partial charge in [0.05, 0.1) is 12.6 Å². The minimum Gasteiger partial charge on any atom is -0.381 e. The highest BCUT2D eigenvalue weighted by molar-refractivity contribution is 7.09. The van der Waals surface area contributed by atoms with Gasteiger partial charge in [-0.2, -0.15) is 5.26 Å². The number of hydrogen-bond acceptors (Lipinski definition) is 4. The van der Waals surface area contributed by atoms with Crippen LogP contribution in [0.1, 0.15) is 24.6 Å². The molecule has 0 radical (unpaired) electrons. The first-order valence-electron chi connectivity index (χ1n) is 6.52. The van der Waals surface area contributed by atoms with E-state index in [0.717, 1.165) is 4.88 Å². The molecular formula is C14H18N2O2S. The lowest BCUT2D eigenvalue weighted by Crippen LogP contribution is -2.45. The van der Waals surface area contributed by atoms with Gasteiger partial charge < -0.3 is 9.64 Å². The lowest BCUT2D eigenvalue weighted by atomic mass is 9.80. The fourth-order valence-electron chi connectivity index (χ4n) is 2.31. The summed E-state index contributed by atoms with van der Waals surface area (Å²) in [6, 6.07) is 6.24. The Morgan fingerprint density at radius 3 is 2.84 bits per heavy atom. The van der Waals surface area contributed by atoms with Crippen LogP contribution in [-0.2, 0) is 16.1 Å². The van der Waals surface area contributed by atoms with Crippen molar-refractivity contribution < 1.29 is 9.53 Å². The van der Waals surface area contributed by atoms with E-state index in [2.05, 4.69) is 6.07 Å². The number of hydrogen-bond donors (Lipinski definition) is 0. The van der Waals surface area contributed by atoms with Gasteiger partial charge in [-0.25, -0.2) is 0 Å². The molecule has 102 valence electrons. The van der Waals surface area contributed by atoms with Crippen LogP contribution in [0.5, 0.6) is 0 Å². The Balaban J connectivity index is 2.13. The smallest absolute Gasteiger partial charge is 0.243 e. The molecule has 5 heteroatoms. The van der Waals surface area contributed by atoms with Crippen molar-refractivity contribution >= 4 is 17.2 Å². The largest absolute Gasteiger partial charge is 0.381 e. The van der Waals surface area contributed by atoms with E-state index < -0.39 is 5.41 Å². The van der Waals surface area contributed by atoms with Crippen LogP contribution in [0.25, 0.3) is 0 Å². The van der Waals surface area contributed by atoms with Gasteiger partial charge in [0.15, 0.2) is 0 Å². The predicted molar refractivity (Wildman–Crippen MR) is 73.5 cm³/mol. The predicted octanol–water partition coefficient (Wildman–Crippen LogP) is 2.42. The summed E-state index contributed by atoms with van der Waals surface area (Å²) >= 11 is 1.64. The third-order valence-corrected chi connectivity index (χ3v) is 4.43. The molecule has 0 atom stereocenters. The van der Waals surface area contributed by atoms with Crippen molar-refractivity contribution in [3.05, 3.63) is 22.4 Å². The second-order valence-electron chi connectivity index (χ2n) is 4.70. The Morgan fingerprint density at radius 2 is 2.32 bits per heavy atom. The second-order valence-corrected chi connectivity index (χ2v) is 5.74. The van der Waals surface area contributed by atoms with Gasteiger partial charge in [-0.3, -0.25) is 4.79 Å². The van der Waals surface area contributed by atoms with Crippen molar-refractivity contribution in [1.82, 2.24) is 4.90 Å². The molecule has 1 amide bonds. The summed E-state index contributed by atoms with van der Waals surface area (Å²) in [5, 5.41) is 11.4. The molecule has 2 heterocycles. The van der Waals surface area contributed by atoms with Gasteiger partial charge in [-0.05, 0) is 31.2 Å². The number of nitriles is 1. The molecule has 0 unspecified atom stereocenters. The molecule has 1 fully saturated rings. The number of carbonyl (C=O) groups excluding carboxylic acids is 1. The number of nitrogens with zero attached hydrogens (tertiary/aromatic N) is 2. The molecule has 1 aliphatic rings. The van der Waals surface area contributed by atoms with Gasteiger partial charge in [-0.15, -0.1) is 11.3 Å². The molecule has 0 aliphatic carbocycles. The summed E-state index contributed by atoms with van der Waals surface area (Å²) in [6.07, 6.45) is 1.01. The molecule has 1 aromatic heterocycles. The van der Waals surface area contributed by atoms with Gasteiger partial charge in [-0.1, -0.05) is 6.07 Å². The quantitative estimate of drug-likeness (QED) is 0.850. The maximum Gasteiger partial charge on any atom is 0.243 e. The van der Waals surface area contributed by atoms with E-state index in [1.165, 1.54) is 0 Å². The van der Waals surface area contributed by atoms with Crippen molar-refractivity contribution in [2.45, 2.75) is 26.3 Å². The summed E-state index contributed by atoms with van der Waals surface area (Å²) in [7, 11) is 0. The van der Waals surface area contributed by atoms with Gasteiger partial charge in [0.1, 0.15) is 5.41 Å². The fraction of sp³-hybridized carbons (Fsp3) is 0.571. The van der Waals surface area contributed by atoms with Crippen LogP contribution in [-0.4, -0.2) is 30.6 Å². The molecule has 1 aromatic rings. The van der Waals surface area contributed by atoms with Crippen molar-refractivity contribution in [3.8, 4) is 6.07 Å². The van der Waals surface area contributed by atoms with Crippen LogP contribution < -0.4 is 0 Å². The van der Waals surface area contributed by atoms with E-state index in [4.69, 9.17) is 4.74 Å². The van der Waals surface area contributed by atoms with Crippen LogP contribution in [0.4, 0.5) is 0 Å². The highest BCUT2D eigenvalue weighted by Crippen LogP contribution is 2.32. The fourth-order valence-corrected chi connectivity index (χ4v) is 3.03. The first-order chi connectivity index (χ1) is 9.22. The molecule has 1 saturated heterocycles. The minimum atomic E-state index is -0.883. The number of ether oxygens (including phenoxy) is 1. The lowest BCUT2D eigenvalue weighted by Gasteiger charge is -2.34. The molecule has 0 bridgehead atoms. The maximum absolute atomic E-state index is 12.7. The molecule has 1 aliphatic heterocycles. The summed E-state index contributed by atoms with van der Waals surface area (Å²) in [6.45, 7) is 4.17. The van der Waals surface area contributed by atoms with E-state index in [1.807, 2.05) is 24.4 Å². The number of carbonyl (C=O) groups is 1. The molecule has 2 rings (SSSR count). The number of rotatable bonds is 4. The molecule has 0 saturated carbocycles. The summed E-state index contributed by atoms with van der Waals surface area (Å²) < 4.78 is 5.28. The van der Waals surface area contributed by atoms with Crippen LogP contribution in [0.3, 0.4) is 0 Å². The highest BCUT2D eigenvalue weighted by Gasteiger charge is 2.42. The second kappa shape index (κ2) is 6.18. The Labute approximate surface area is 117 Å². The van der Waals surface area contributed by atoms with E-state index in [9.17, 15) is 10.1 Å². The average molecular weight is 278 g/mol. The van der Waals surface area contributed by atoms with Gasteiger partial charge in [0.25, 0.3) is 0 Å². The van der Waals surface area contributed by atoms with E-state index in [1.54, 1.807) is 16.2 Å². The Morgan fingerprint density at radius 1 is 1.58 bits per heavy atom. The summed E-state index contributed by atoms with van der Waals surface area (Å²) in [4.78, 5) is 15.6.